The molecule has 0 aliphatic heterocycles. The molecule has 2 heterocycles. The monoisotopic (exact) mass is 339 g/mol. The number of nitrogens with zero attached hydrogens (tertiary/aromatic N) is 4. The van der Waals surface area contributed by atoms with Crippen LogP contribution in [0, 0.1) is 0 Å². The lowest BCUT2D eigenvalue weighted by molar-refractivity contribution is 0.295. The summed E-state index contributed by atoms with van der Waals surface area (Å²) in [5.74, 6) is 1.14. The standard InChI is InChI=1S/C11H15Cl2N5O.ClH/c12-1-3-17(4-2-13)5-6-18-8-16-9-10(18)14-7-15-11(9)19;/h7-8H,1-6H2,(H,14,15,19);1H. The van der Waals surface area contributed by atoms with Gasteiger partial charge in [-0.2, -0.15) is 0 Å². The molecule has 0 atom stereocenters. The number of hydrogen-bond donors (Lipinski definition) is 1. The van der Waals surface area contributed by atoms with Crippen molar-refractivity contribution in [3.05, 3.63) is 23.0 Å². The number of fused-ring (bicyclic) bond motifs is 1. The first-order chi connectivity index (χ1) is 9.26. The molecule has 0 unspecified atom stereocenters. The number of alkyl halides is 2. The number of rotatable bonds is 7. The van der Waals surface area contributed by atoms with Gasteiger partial charge in [0.1, 0.15) is 0 Å². The van der Waals surface area contributed by atoms with E-state index < -0.39 is 0 Å². The summed E-state index contributed by atoms with van der Waals surface area (Å²) in [4.78, 5) is 24.4. The van der Waals surface area contributed by atoms with Crippen molar-refractivity contribution in [3.8, 4) is 0 Å². The molecular formula is C11H16Cl3N5O. The Morgan fingerprint density at radius 1 is 1.20 bits per heavy atom. The molecule has 20 heavy (non-hydrogen) atoms. The molecule has 1 N–H and O–H groups in total. The van der Waals surface area contributed by atoms with Crippen molar-refractivity contribution in [3.63, 3.8) is 0 Å². The van der Waals surface area contributed by atoms with Crippen LogP contribution in [0.25, 0.3) is 11.2 Å². The molecule has 2 aromatic rings. The molecule has 0 aliphatic rings. The van der Waals surface area contributed by atoms with Gasteiger partial charge in [-0.25, -0.2) is 9.97 Å². The summed E-state index contributed by atoms with van der Waals surface area (Å²) in [6.07, 6.45) is 3.02. The largest absolute Gasteiger partial charge is 0.314 e. The van der Waals surface area contributed by atoms with Crippen LogP contribution in [0.2, 0.25) is 0 Å². The van der Waals surface area contributed by atoms with Gasteiger partial charge >= 0.3 is 0 Å². The zero-order chi connectivity index (χ0) is 13.7. The molecule has 0 aliphatic carbocycles. The quantitative estimate of drug-likeness (QED) is 0.772. The summed E-state index contributed by atoms with van der Waals surface area (Å²) >= 11 is 11.5. The van der Waals surface area contributed by atoms with Crippen LogP contribution in [-0.4, -0.2) is 55.8 Å². The molecule has 0 bridgehead atoms. The molecule has 0 aromatic carbocycles. The van der Waals surface area contributed by atoms with E-state index in [1.165, 1.54) is 6.33 Å². The van der Waals surface area contributed by atoms with Gasteiger partial charge in [-0.3, -0.25) is 9.69 Å². The van der Waals surface area contributed by atoms with E-state index in [-0.39, 0.29) is 18.0 Å². The van der Waals surface area contributed by atoms with E-state index in [4.69, 9.17) is 23.2 Å². The average Bonchev–Trinajstić information content (AvgIpc) is 2.81. The van der Waals surface area contributed by atoms with E-state index in [0.717, 1.165) is 19.6 Å². The Morgan fingerprint density at radius 3 is 2.55 bits per heavy atom. The third-order valence-electron chi connectivity index (χ3n) is 2.87. The van der Waals surface area contributed by atoms with Gasteiger partial charge in [0.2, 0.25) is 0 Å². The summed E-state index contributed by atoms with van der Waals surface area (Å²) in [6, 6.07) is 0. The highest BCUT2D eigenvalue weighted by Crippen LogP contribution is 2.04. The topological polar surface area (TPSA) is 66.8 Å². The maximum absolute atomic E-state index is 11.5. The van der Waals surface area contributed by atoms with Gasteiger partial charge in [-0.1, -0.05) is 0 Å². The molecule has 0 radical (unpaired) electrons. The third kappa shape index (κ3) is 4.09. The molecule has 0 saturated heterocycles. The maximum Gasteiger partial charge on any atom is 0.278 e. The first-order valence-electron chi connectivity index (χ1n) is 5.99. The molecular weight excluding hydrogens is 325 g/mol. The Balaban J connectivity index is 0.00000200. The first-order valence-corrected chi connectivity index (χ1v) is 7.06. The molecule has 0 fully saturated rings. The molecule has 0 amide bonds. The lowest BCUT2D eigenvalue weighted by Gasteiger charge is -2.19. The molecule has 2 rings (SSSR count). The van der Waals surface area contributed by atoms with Gasteiger partial charge in [0.15, 0.2) is 11.2 Å². The minimum Gasteiger partial charge on any atom is -0.314 e. The smallest absolute Gasteiger partial charge is 0.278 e. The zero-order valence-corrected chi connectivity index (χ0v) is 13.1. The highest BCUT2D eigenvalue weighted by Gasteiger charge is 2.09. The predicted molar refractivity (Wildman–Crippen MR) is 83.3 cm³/mol. The minimum atomic E-state index is -0.220. The van der Waals surface area contributed by atoms with Crippen molar-refractivity contribution in [2.75, 3.05) is 31.4 Å². The summed E-state index contributed by atoms with van der Waals surface area (Å²) in [5.41, 5.74) is 0.742. The summed E-state index contributed by atoms with van der Waals surface area (Å²) < 4.78 is 1.86. The maximum atomic E-state index is 11.5. The minimum absolute atomic E-state index is 0. The van der Waals surface area contributed by atoms with Crippen molar-refractivity contribution in [2.45, 2.75) is 6.54 Å². The Bertz CT molecular complexity index is 579. The van der Waals surface area contributed by atoms with Gasteiger partial charge in [-0.15, -0.1) is 35.6 Å². The van der Waals surface area contributed by atoms with Crippen LogP contribution in [-0.2, 0) is 6.54 Å². The number of hydrogen-bond acceptors (Lipinski definition) is 4. The highest BCUT2D eigenvalue weighted by molar-refractivity contribution is 6.18. The van der Waals surface area contributed by atoms with Gasteiger partial charge < -0.3 is 9.55 Å². The Morgan fingerprint density at radius 2 is 1.90 bits per heavy atom. The van der Waals surface area contributed by atoms with Crippen LogP contribution in [0.3, 0.4) is 0 Å². The summed E-state index contributed by atoms with van der Waals surface area (Å²) in [7, 11) is 0. The Kier molecular flexibility index (Phi) is 7.29. The second kappa shape index (κ2) is 8.46. The molecule has 9 heteroatoms. The molecule has 0 spiro atoms. The van der Waals surface area contributed by atoms with Crippen molar-refractivity contribution < 1.29 is 0 Å². The van der Waals surface area contributed by atoms with E-state index in [9.17, 15) is 4.79 Å². The van der Waals surface area contributed by atoms with Crippen LogP contribution in [0.4, 0.5) is 0 Å². The van der Waals surface area contributed by atoms with Crippen molar-refractivity contribution >= 4 is 46.8 Å². The SMILES string of the molecule is Cl.O=c1[nH]cnc2c1ncn2CCN(CCCl)CCCl. The normalized spacial score (nSPS) is 10.9. The van der Waals surface area contributed by atoms with E-state index >= 15 is 0 Å². The van der Waals surface area contributed by atoms with Crippen molar-refractivity contribution in [1.82, 2.24) is 24.4 Å². The fourth-order valence-electron chi connectivity index (χ4n) is 1.88. The van der Waals surface area contributed by atoms with Gasteiger partial charge in [0.05, 0.1) is 12.7 Å². The Hall–Kier alpha value is -0.820. The van der Waals surface area contributed by atoms with E-state index in [2.05, 4.69) is 19.9 Å². The van der Waals surface area contributed by atoms with Crippen molar-refractivity contribution in [2.24, 2.45) is 0 Å². The second-order valence-corrected chi connectivity index (χ2v) is 4.82. The van der Waals surface area contributed by atoms with Crippen molar-refractivity contribution in [1.29, 1.82) is 0 Å². The first kappa shape index (κ1) is 17.2. The fourth-order valence-corrected chi connectivity index (χ4v) is 2.36. The molecule has 112 valence electrons. The predicted octanol–water partition coefficient (Wildman–Crippen LogP) is 1.32. The van der Waals surface area contributed by atoms with E-state index in [1.54, 1.807) is 6.33 Å². The molecule has 6 nitrogen and oxygen atoms in total. The van der Waals surface area contributed by atoms with Crippen LogP contribution in [0.1, 0.15) is 0 Å². The summed E-state index contributed by atoms with van der Waals surface area (Å²) in [6.45, 7) is 3.06. The Labute approximate surface area is 132 Å². The number of nitrogens with one attached hydrogen (secondary N) is 1. The molecule has 0 saturated carbocycles. The number of halogens is 3. The third-order valence-corrected chi connectivity index (χ3v) is 3.20. The number of aromatic amines is 1. The van der Waals surface area contributed by atoms with Gasteiger partial charge in [-0.05, 0) is 0 Å². The number of imidazole rings is 1. The lowest BCUT2D eigenvalue weighted by Crippen LogP contribution is -2.31. The van der Waals surface area contributed by atoms with E-state index in [0.29, 0.717) is 29.5 Å². The average molecular weight is 341 g/mol. The van der Waals surface area contributed by atoms with Crippen LogP contribution < -0.4 is 5.56 Å². The highest BCUT2D eigenvalue weighted by atomic mass is 35.5. The molecule has 2 aromatic heterocycles. The van der Waals surface area contributed by atoms with Crippen LogP contribution in [0.5, 0.6) is 0 Å². The fraction of sp³-hybridized carbons (Fsp3) is 0.545. The van der Waals surface area contributed by atoms with Crippen LogP contribution in [0.15, 0.2) is 17.4 Å². The lowest BCUT2D eigenvalue weighted by atomic mass is 10.4. The second-order valence-electron chi connectivity index (χ2n) is 4.06. The zero-order valence-electron chi connectivity index (χ0n) is 10.8. The van der Waals surface area contributed by atoms with Crippen LogP contribution >= 0.6 is 35.6 Å². The van der Waals surface area contributed by atoms with Gasteiger partial charge in [0, 0.05) is 37.9 Å². The summed E-state index contributed by atoms with van der Waals surface area (Å²) in [5, 5.41) is 0. The number of H-pyrrole nitrogens is 1. The number of aromatic nitrogens is 4. The van der Waals surface area contributed by atoms with Gasteiger partial charge in [0.25, 0.3) is 5.56 Å². The van der Waals surface area contributed by atoms with E-state index in [1.807, 2.05) is 4.57 Å².